The lowest BCUT2D eigenvalue weighted by Crippen LogP contribution is -2.43. The maximum absolute atomic E-state index is 12.5. The van der Waals surface area contributed by atoms with E-state index in [1.165, 1.54) is 30.6 Å². The number of nitrogens with zero attached hydrogens (tertiary/aromatic N) is 1. The minimum Gasteiger partial charge on any atom is -0.330 e. The molecule has 4 heteroatoms. The van der Waals surface area contributed by atoms with Crippen molar-refractivity contribution < 1.29 is 9.59 Å². The first-order valence-corrected chi connectivity index (χ1v) is 8.51. The highest BCUT2D eigenvalue weighted by Crippen LogP contribution is 2.27. The molecule has 0 fully saturated rings. The van der Waals surface area contributed by atoms with Crippen LogP contribution in [0, 0.1) is 0 Å². The first-order valence-electron chi connectivity index (χ1n) is 8.51. The second-order valence-electron chi connectivity index (χ2n) is 5.87. The molecule has 0 bridgehead atoms. The minimum absolute atomic E-state index is 0.146. The van der Waals surface area contributed by atoms with Gasteiger partial charge in [0.1, 0.15) is 0 Å². The second kappa shape index (κ2) is 9.57. The summed E-state index contributed by atoms with van der Waals surface area (Å²) in [6.07, 6.45) is 9.16. The smallest absolute Gasteiger partial charge is 0.260 e. The van der Waals surface area contributed by atoms with Crippen molar-refractivity contribution in [2.75, 3.05) is 13.1 Å². The summed E-state index contributed by atoms with van der Waals surface area (Å²) in [5, 5.41) is 0. The van der Waals surface area contributed by atoms with E-state index >= 15 is 0 Å². The van der Waals surface area contributed by atoms with E-state index < -0.39 is 0 Å². The molecule has 124 valence electrons. The molecule has 0 aromatic rings. The number of rotatable bonds is 9. The van der Waals surface area contributed by atoms with Gasteiger partial charge in [0, 0.05) is 17.7 Å². The third-order valence-electron chi connectivity index (χ3n) is 4.25. The molecule has 1 aliphatic heterocycles. The SMILES string of the molecule is C/C=C1\C(=O)N(CCCCCCCC)C(=O)C(CCN)=C1C. The summed E-state index contributed by atoms with van der Waals surface area (Å²) in [7, 11) is 0. The maximum atomic E-state index is 12.5. The fraction of sp³-hybridized carbons (Fsp3) is 0.667. The van der Waals surface area contributed by atoms with Gasteiger partial charge in [-0.2, -0.15) is 0 Å². The van der Waals surface area contributed by atoms with Gasteiger partial charge in [0.2, 0.25) is 0 Å². The van der Waals surface area contributed by atoms with Crippen LogP contribution in [0.4, 0.5) is 0 Å². The second-order valence-corrected chi connectivity index (χ2v) is 5.87. The molecule has 0 saturated carbocycles. The summed E-state index contributed by atoms with van der Waals surface area (Å²) < 4.78 is 0. The zero-order valence-corrected chi connectivity index (χ0v) is 14.3. The van der Waals surface area contributed by atoms with Gasteiger partial charge in [0.05, 0.1) is 0 Å². The molecule has 0 aromatic carbocycles. The third kappa shape index (κ3) is 4.54. The van der Waals surface area contributed by atoms with Crippen molar-refractivity contribution >= 4 is 11.8 Å². The van der Waals surface area contributed by atoms with Gasteiger partial charge in [0.15, 0.2) is 0 Å². The number of carbonyl (C=O) groups excluding carboxylic acids is 2. The van der Waals surface area contributed by atoms with Crippen LogP contribution < -0.4 is 5.73 Å². The predicted molar refractivity (Wildman–Crippen MR) is 90.2 cm³/mol. The number of hydrogen-bond donors (Lipinski definition) is 1. The van der Waals surface area contributed by atoms with Gasteiger partial charge in [-0.1, -0.05) is 45.1 Å². The largest absolute Gasteiger partial charge is 0.330 e. The normalized spacial score (nSPS) is 17.8. The highest BCUT2D eigenvalue weighted by Gasteiger charge is 2.33. The highest BCUT2D eigenvalue weighted by molar-refractivity contribution is 6.16. The average molecular weight is 306 g/mol. The highest BCUT2D eigenvalue weighted by atomic mass is 16.2. The van der Waals surface area contributed by atoms with Gasteiger partial charge >= 0.3 is 0 Å². The van der Waals surface area contributed by atoms with Crippen LogP contribution in [0.5, 0.6) is 0 Å². The average Bonchev–Trinajstić information content (AvgIpc) is 2.50. The molecule has 0 spiro atoms. The van der Waals surface area contributed by atoms with Gasteiger partial charge in [-0.05, 0) is 38.8 Å². The van der Waals surface area contributed by atoms with Crippen LogP contribution in [0.2, 0.25) is 0 Å². The molecule has 1 heterocycles. The van der Waals surface area contributed by atoms with E-state index in [1.807, 2.05) is 13.8 Å². The zero-order chi connectivity index (χ0) is 16.5. The molecule has 0 saturated heterocycles. The van der Waals surface area contributed by atoms with E-state index in [-0.39, 0.29) is 11.8 Å². The Morgan fingerprint density at radius 1 is 1.05 bits per heavy atom. The molecule has 22 heavy (non-hydrogen) atoms. The monoisotopic (exact) mass is 306 g/mol. The van der Waals surface area contributed by atoms with Crippen LogP contribution in [-0.4, -0.2) is 29.8 Å². The summed E-state index contributed by atoms with van der Waals surface area (Å²) >= 11 is 0. The first kappa shape index (κ1) is 18.6. The number of hydrogen-bond acceptors (Lipinski definition) is 3. The lowest BCUT2D eigenvalue weighted by molar-refractivity contribution is -0.140. The fourth-order valence-electron chi connectivity index (χ4n) is 2.92. The van der Waals surface area contributed by atoms with E-state index in [9.17, 15) is 9.59 Å². The third-order valence-corrected chi connectivity index (χ3v) is 4.25. The molecule has 2 amide bonds. The van der Waals surface area contributed by atoms with E-state index in [2.05, 4.69) is 6.92 Å². The summed E-state index contributed by atoms with van der Waals surface area (Å²) in [4.78, 5) is 26.4. The van der Waals surface area contributed by atoms with Crippen molar-refractivity contribution in [3.8, 4) is 0 Å². The Morgan fingerprint density at radius 2 is 1.68 bits per heavy atom. The Labute approximate surface area is 134 Å². The van der Waals surface area contributed by atoms with Crippen molar-refractivity contribution in [2.45, 2.75) is 65.7 Å². The lowest BCUT2D eigenvalue weighted by atomic mass is 9.92. The van der Waals surface area contributed by atoms with E-state index in [0.29, 0.717) is 30.7 Å². The summed E-state index contributed by atoms with van der Waals surface area (Å²) in [5.74, 6) is -0.300. The number of nitrogens with two attached hydrogens (primary N) is 1. The van der Waals surface area contributed by atoms with Gasteiger partial charge in [0.25, 0.3) is 11.8 Å². The molecule has 0 aromatic heterocycles. The van der Waals surface area contributed by atoms with Crippen molar-refractivity contribution in [3.63, 3.8) is 0 Å². The Morgan fingerprint density at radius 3 is 2.27 bits per heavy atom. The number of allylic oxidation sites excluding steroid dienone is 1. The lowest BCUT2D eigenvalue weighted by Gasteiger charge is -2.29. The van der Waals surface area contributed by atoms with Crippen molar-refractivity contribution in [1.29, 1.82) is 0 Å². The Hall–Kier alpha value is -1.42. The number of unbranched alkanes of at least 4 members (excludes halogenated alkanes) is 5. The van der Waals surface area contributed by atoms with Crippen LogP contribution in [0.25, 0.3) is 0 Å². The topological polar surface area (TPSA) is 63.4 Å². The molecular formula is C18H30N2O2. The number of imide groups is 1. The predicted octanol–water partition coefficient (Wildman–Crippen LogP) is 3.33. The maximum Gasteiger partial charge on any atom is 0.260 e. The first-order chi connectivity index (χ1) is 10.6. The zero-order valence-electron chi connectivity index (χ0n) is 14.3. The molecule has 1 rings (SSSR count). The quantitative estimate of drug-likeness (QED) is 0.404. The van der Waals surface area contributed by atoms with E-state index in [4.69, 9.17) is 5.73 Å². The van der Waals surface area contributed by atoms with Crippen LogP contribution >= 0.6 is 0 Å². The summed E-state index contributed by atoms with van der Waals surface area (Å²) in [6.45, 7) is 6.82. The van der Waals surface area contributed by atoms with Gasteiger partial charge in [-0.3, -0.25) is 14.5 Å². The molecule has 0 aliphatic carbocycles. The molecule has 0 radical (unpaired) electrons. The van der Waals surface area contributed by atoms with Gasteiger partial charge in [-0.15, -0.1) is 0 Å². The molecule has 1 aliphatic rings. The van der Waals surface area contributed by atoms with Crippen molar-refractivity contribution in [3.05, 3.63) is 22.8 Å². The fourth-order valence-corrected chi connectivity index (χ4v) is 2.92. The van der Waals surface area contributed by atoms with Gasteiger partial charge < -0.3 is 5.73 Å². The standard InChI is InChI=1S/C18H30N2O2/c1-4-6-7-8-9-10-13-20-17(21)15(5-2)14(3)16(11-12-19)18(20)22/h5H,4,6-13,19H2,1-3H3/b15-5-. The molecule has 0 unspecified atom stereocenters. The molecular weight excluding hydrogens is 276 g/mol. The van der Waals surface area contributed by atoms with Crippen molar-refractivity contribution in [1.82, 2.24) is 4.90 Å². The Balaban J connectivity index is 2.71. The summed E-state index contributed by atoms with van der Waals surface area (Å²) in [5.41, 5.74) is 7.75. The van der Waals surface area contributed by atoms with Crippen LogP contribution in [0.3, 0.4) is 0 Å². The Bertz CT molecular complexity index is 464. The van der Waals surface area contributed by atoms with E-state index in [1.54, 1.807) is 6.08 Å². The van der Waals surface area contributed by atoms with E-state index in [0.717, 1.165) is 18.4 Å². The van der Waals surface area contributed by atoms with Crippen LogP contribution in [0.15, 0.2) is 22.8 Å². The molecule has 0 atom stereocenters. The molecule has 4 nitrogen and oxygen atoms in total. The van der Waals surface area contributed by atoms with Crippen molar-refractivity contribution in [2.24, 2.45) is 5.73 Å². The number of amides is 2. The molecule has 2 N–H and O–H groups in total. The Kier molecular flexibility index (Phi) is 8.10. The summed E-state index contributed by atoms with van der Waals surface area (Å²) in [6, 6.07) is 0. The van der Waals surface area contributed by atoms with Crippen LogP contribution in [0.1, 0.15) is 65.7 Å². The minimum atomic E-state index is -0.153. The van der Waals surface area contributed by atoms with Crippen LogP contribution in [-0.2, 0) is 9.59 Å². The number of carbonyl (C=O) groups is 2. The van der Waals surface area contributed by atoms with Gasteiger partial charge in [-0.25, -0.2) is 0 Å².